The first-order chi connectivity index (χ1) is 18.6. The molecule has 0 spiro atoms. The molecule has 4 aromatic rings. The number of nitrogens with zero attached hydrogens (tertiary/aromatic N) is 7. The molecule has 196 valence electrons. The van der Waals surface area contributed by atoms with Crippen molar-refractivity contribution in [3.05, 3.63) is 48.8 Å². The van der Waals surface area contributed by atoms with E-state index in [0.717, 1.165) is 46.8 Å². The van der Waals surface area contributed by atoms with E-state index in [0.29, 0.717) is 43.8 Å². The van der Waals surface area contributed by atoms with E-state index in [2.05, 4.69) is 45.1 Å². The van der Waals surface area contributed by atoms with Gasteiger partial charge in [-0.2, -0.15) is 9.97 Å². The quantitative estimate of drug-likeness (QED) is 0.302. The lowest BCUT2D eigenvalue weighted by molar-refractivity contribution is 0.0973. The molecule has 0 amide bonds. The summed E-state index contributed by atoms with van der Waals surface area (Å²) in [6.07, 6.45) is 3.53. The van der Waals surface area contributed by atoms with Crippen molar-refractivity contribution in [1.29, 1.82) is 0 Å². The fraction of sp³-hybridized carbons (Fsp3) is 0.370. The zero-order chi connectivity index (χ0) is 26.1. The van der Waals surface area contributed by atoms with E-state index in [1.54, 1.807) is 6.20 Å². The molecule has 0 aromatic carbocycles. The molecule has 2 saturated heterocycles. The molecule has 6 heterocycles. The molecule has 38 heavy (non-hydrogen) atoms. The van der Waals surface area contributed by atoms with Crippen LogP contribution in [-0.2, 0) is 9.47 Å². The first-order valence-corrected chi connectivity index (χ1v) is 12.9. The largest absolute Gasteiger partial charge is 0.377 e. The third-order valence-corrected chi connectivity index (χ3v) is 7.05. The van der Waals surface area contributed by atoms with Gasteiger partial charge in [0.1, 0.15) is 11.6 Å². The van der Waals surface area contributed by atoms with E-state index >= 15 is 0 Å². The van der Waals surface area contributed by atoms with Crippen LogP contribution in [0.15, 0.2) is 48.8 Å². The minimum absolute atomic E-state index is 0.180. The lowest BCUT2D eigenvalue weighted by Crippen LogP contribution is -2.46. The van der Waals surface area contributed by atoms with Crippen molar-refractivity contribution >= 4 is 28.6 Å². The topological polar surface area (TPSA) is 127 Å². The molecule has 0 unspecified atom stereocenters. The van der Waals surface area contributed by atoms with Gasteiger partial charge in [-0.15, -0.1) is 0 Å². The summed E-state index contributed by atoms with van der Waals surface area (Å²) in [4.78, 5) is 28.4. The van der Waals surface area contributed by atoms with Crippen molar-refractivity contribution in [2.45, 2.75) is 25.9 Å². The Morgan fingerprint density at radius 1 is 0.842 bits per heavy atom. The number of hydrogen-bond donors (Lipinski definition) is 2. The summed E-state index contributed by atoms with van der Waals surface area (Å²) in [6.45, 7) is 8.45. The number of rotatable bonds is 5. The summed E-state index contributed by atoms with van der Waals surface area (Å²) in [7, 11) is 0. The Bertz CT molecular complexity index is 1430. The average Bonchev–Trinajstić information content (AvgIpc) is 2.97. The number of hydrogen-bond acceptors (Lipinski definition) is 11. The average molecular weight is 514 g/mol. The van der Waals surface area contributed by atoms with E-state index in [-0.39, 0.29) is 12.1 Å². The fourth-order valence-corrected chi connectivity index (χ4v) is 4.94. The minimum Gasteiger partial charge on any atom is -0.377 e. The predicted molar refractivity (Wildman–Crippen MR) is 147 cm³/mol. The Labute approximate surface area is 221 Å². The highest BCUT2D eigenvalue weighted by atomic mass is 16.5. The zero-order valence-corrected chi connectivity index (χ0v) is 21.5. The van der Waals surface area contributed by atoms with E-state index in [4.69, 9.17) is 30.3 Å². The summed E-state index contributed by atoms with van der Waals surface area (Å²) in [5.74, 6) is 7.67. The summed E-state index contributed by atoms with van der Waals surface area (Å²) >= 11 is 0. The van der Waals surface area contributed by atoms with Crippen LogP contribution in [0, 0.1) is 0 Å². The van der Waals surface area contributed by atoms with Crippen LogP contribution in [-0.4, -0.2) is 76.5 Å². The number of ether oxygens (including phenoxy) is 2. The van der Waals surface area contributed by atoms with Gasteiger partial charge in [-0.25, -0.2) is 15.8 Å². The fourth-order valence-electron chi connectivity index (χ4n) is 4.94. The summed E-state index contributed by atoms with van der Waals surface area (Å²) in [5.41, 5.74) is 6.69. The van der Waals surface area contributed by atoms with Crippen LogP contribution in [0.4, 0.5) is 17.6 Å². The first kappa shape index (κ1) is 24.4. The van der Waals surface area contributed by atoms with Crippen molar-refractivity contribution in [1.82, 2.24) is 24.9 Å². The molecule has 4 aromatic heterocycles. The molecule has 11 nitrogen and oxygen atoms in total. The highest BCUT2D eigenvalue weighted by molar-refractivity contribution is 5.90. The monoisotopic (exact) mass is 513 g/mol. The van der Waals surface area contributed by atoms with Crippen LogP contribution in [0.3, 0.4) is 0 Å². The second kappa shape index (κ2) is 10.4. The zero-order valence-electron chi connectivity index (χ0n) is 21.5. The number of morpholine rings is 2. The number of pyridine rings is 3. The van der Waals surface area contributed by atoms with E-state index in [9.17, 15) is 0 Å². The molecule has 2 fully saturated rings. The second-order valence-corrected chi connectivity index (χ2v) is 9.66. The van der Waals surface area contributed by atoms with Gasteiger partial charge in [-0.1, -0.05) is 0 Å². The first-order valence-electron chi connectivity index (χ1n) is 12.9. The molecular weight excluding hydrogens is 482 g/mol. The van der Waals surface area contributed by atoms with Gasteiger partial charge in [0.05, 0.1) is 55.3 Å². The maximum Gasteiger partial charge on any atom is 0.229 e. The maximum atomic E-state index is 5.69. The van der Waals surface area contributed by atoms with Gasteiger partial charge in [0, 0.05) is 36.6 Å². The molecule has 0 radical (unpaired) electrons. The molecule has 2 atom stereocenters. The molecule has 11 heteroatoms. The predicted octanol–water partition coefficient (Wildman–Crippen LogP) is 2.88. The van der Waals surface area contributed by atoms with Crippen LogP contribution in [0.2, 0.25) is 0 Å². The van der Waals surface area contributed by atoms with Crippen LogP contribution < -0.4 is 21.1 Å². The van der Waals surface area contributed by atoms with Crippen molar-refractivity contribution in [2.75, 3.05) is 54.7 Å². The number of nitrogen functional groups attached to an aromatic ring is 1. The number of nitrogens with one attached hydrogen (secondary N) is 1. The van der Waals surface area contributed by atoms with E-state index in [1.807, 2.05) is 36.5 Å². The van der Waals surface area contributed by atoms with Crippen molar-refractivity contribution in [2.24, 2.45) is 5.84 Å². The van der Waals surface area contributed by atoms with Gasteiger partial charge in [0.2, 0.25) is 5.95 Å². The van der Waals surface area contributed by atoms with E-state index < -0.39 is 0 Å². The molecule has 0 aliphatic carbocycles. The smallest absolute Gasteiger partial charge is 0.229 e. The minimum atomic E-state index is 0.180. The molecule has 6 rings (SSSR count). The van der Waals surface area contributed by atoms with Gasteiger partial charge >= 0.3 is 0 Å². The Morgan fingerprint density at radius 3 is 2.32 bits per heavy atom. The van der Waals surface area contributed by atoms with Gasteiger partial charge in [-0.3, -0.25) is 4.98 Å². The molecular formula is C27H31N9O2. The van der Waals surface area contributed by atoms with Gasteiger partial charge in [-0.05, 0) is 50.2 Å². The normalized spacial score (nSPS) is 20.1. The number of hydrazine groups is 1. The Kier molecular flexibility index (Phi) is 6.71. The van der Waals surface area contributed by atoms with Gasteiger partial charge in [0.25, 0.3) is 0 Å². The molecule has 3 N–H and O–H groups in total. The maximum absolute atomic E-state index is 5.69. The third kappa shape index (κ3) is 4.71. The SMILES string of the molecule is C[C@H]1COCCN1c1nc(N2CCOC[C@@H]2C)c2ccc(-c3ccc(-c4ccnc(NN)c4)nc3)nc2n1. The number of fused-ring (bicyclic) bond motifs is 1. The summed E-state index contributed by atoms with van der Waals surface area (Å²) < 4.78 is 11.3. The number of nitrogens with two attached hydrogens (primary N) is 1. The molecule has 2 aliphatic rings. The summed E-state index contributed by atoms with van der Waals surface area (Å²) in [6, 6.07) is 12.2. The van der Waals surface area contributed by atoms with Crippen LogP contribution in [0.5, 0.6) is 0 Å². The standard InChI is InChI=1S/C27H31N9O2/c1-17-15-37-11-9-35(17)26-21-4-6-23(31-25(21)32-27(33-26)36-10-12-38-16-18(36)2)20-3-5-22(30-14-20)19-7-8-29-24(13-19)34-28/h3-8,13-14,17-18H,9-12,15-16,28H2,1-2H3,(H,29,34)/t17-,18-/m0/s1. The highest BCUT2D eigenvalue weighted by Gasteiger charge is 2.27. The highest BCUT2D eigenvalue weighted by Crippen LogP contribution is 2.31. The van der Waals surface area contributed by atoms with Crippen molar-refractivity contribution in [3.8, 4) is 22.5 Å². The van der Waals surface area contributed by atoms with Gasteiger partial charge < -0.3 is 24.7 Å². The van der Waals surface area contributed by atoms with Gasteiger partial charge in [0.15, 0.2) is 5.65 Å². The number of anilines is 3. The lowest BCUT2D eigenvalue weighted by atomic mass is 10.1. The second-order valence-electron chi connectivity index (χ2n) is 9.66. The molecule has 2 aliphatic heterocycles. The third-order valence-electron chi connectivity index (χ3n) is 7.05. The Hall–Kier alpha value is -3.93. The van der Waals surface area contributed by atoms with Crippen LogP contribution >= 0.6 is 0 Å². The van der Waals surface area contributed by atoms with Crippen LogP contribution in [0.25, 0.3) is 33.5 Å². The van der Waals surface area contributed by atoms with E-state index in [1.165, 1.54) is 0 Å². The number of aromatic nitrogens is 5. The molecule has 0 bridgehead atoms. The van der Waals surface area contributed by atoms with Crippen molar-refractivity contribution in [3.63, 3.8) is 0 Å². The van der Waals surface area contributed by atoms with Crippen molar-refractivity contribution < 1.29 is 9.47 Å². The lowest BCUT2D eigenvalue weighted by Gasteiger charge is -2.37. The van der Waals surface area contributed by atoms with Crippen LogP contribution in [0.1, 0.15) is 13.8 Å². The molecule has 0 saturated carbocycles. The summed E-state index contributed by atoms with van der Waals surface area (Å²) in [5, 5.41) is 0.926. The Morgan fingerprint density at radius 2 is 1.61 bits per heavy atom. The Balaban J connectivity index is 1.40.